The second-order valence-corrected chi connectivity index (χ2v) is 6.49. The Labute approximate surface area is 117 Å². The Bertz CT molecular complexity index is 514. The van der Waals surface area contributed by atoms with Gasteiger partial charge >= 0.3 is 0 Å². The summed E-state index contributed by atoms with van der Waals surface area (Å²) in [4.78, 5) is 24.4. The van der Waals surface area contributed by atoms with E-state index in [2.05, 4.69) is 10.6 Å². The summed E-state index contributed by atoms with van der Waals surface area (Å²) in [5, 5.41) is 5.63. The molecule has 2 amide bonds. The van der Waals surface area contributed by atoms with Crippen molar-refractivity contribution in [1.82, 2.24) is 0 Å². The van der Waals surface area contributed by atoms with Gasteiger partial charge in [-0.05, 0) is 31.0 Å². The van der Waals surface area contributed by atoms with E-state index in [9.17, 15) is 9.59 Å². The molecule has 0 aromatic heterocycles. The van der Waals surface area contributed by atoms with Gasteiger partial charge in [0.1, 0.15) is 0 Å². The van der Waals surface area contributed by atoms with Crippen molar-refractivity contribution in [2.75, 3.05) is 10.6 Å². The first-order valence-corrected chi connectivity index (χ1v) is 7.25. The number of hydrogen-bond acceptors (Lipinski definition) is 3. The fourth-order valence-corrected chi connectivity index (χ4v) is 2.80. The highest BCUT2D eigenvalue weighted by Gasteiger charge is 2.23. The van der Waals surface area contributed by atoms with E-state index >= 15 is 0 Å². The fraction of sp³-hybridized carbons (Fsp3) is 0.429. The van der Waals surface area contributed by atoms with Crippen molar-refractivity contribution in [2.45, 2.75) is 37.3 Å². The second kappa shape index (κ2) is 5.65. The highest BCUT2D eigenvalue weighted by Crippen LogP contribution is 2.36. The molecule has 0 bridgehead atoms. The third-order valence-corrected chi connectivity index (χ3v) is 3.97. The minimum atomic E-state index is -0.0751. The van der Waals surface area contributed by atoms with Crippen molar-refractivity contribution >= 4 is 35.0 Å². The Balaban J connectivity index is 2.11. The van der Waals surface area contributed by atoms with E-state index in [1.54, 1.807) is 0 Å². The molecule has 0 spiro atoms. The molecule has 2 N–H and O–H groups in total. The van der Waals surface area contributed by atoms with Gasteiger partial charge in [0, 0.05) is 17.0 Å². The first-order valence-electron chi connectivity index (χ1n) is 6.37. The third-order valence-electron chi connectivity index (χ3n) is 2.79. The molecule has 0 fully saturated rings. The number of hydrogen-bond donors (Lipinski definition) is 2. The first-order chi connectivity index (χ1) is 8.95. The SMILES string of the molecule is CC(C)CC(=O)Nc1ccc2c(c1)NC(=O)C(C)S2. The summed E-state index contributed by atoms with van der Waals surface area (Å²) in [6, 6.07) is 5.61. The van der Waals surface area contributed by atoms with Gasteiger partial charge in [-0.2, -0.15) is 0 Å². The summed E-state index contributed by atoms with van der Waals surface area (Å²) < 4.78 is 0. The van der Waals surface area contributed by atoms with Gasteiger partial charge in [0.2, 0.25) is 11.8 Å². The van der Waals surface area contributed by atoms with Crippen molar-refractivity contribution in [3.05, 3.63) is 18.2 Å². The zero-order valence-corrected chi connectivity index (χ0v) is 12.1. The van der Waals surface area contributed by atoms with Crippen LogP contribution in [-0.2, 0) is 9.59 Å². The van der Waals surface area contributed by atoms with E-state index in [1.165, 1.54) is 11.8 Å². The summed E-state index contributed by atoms with van der Waals surface area (Å²) >= 11 is 1.53. The topological polar surface area (TPSA) is 58.2 Å². The van der Waals surface area contributed by atoms with Crippen molar-refractivity contribution in [1.29, 1.82) is 0 Å². The number of amides is 2. The summed E-state index contributed by atoms with van der Waals surface area (Å²) in [6.45, 7) is 5.89. The number of benzene rings is 1. The van der Waals surface area contributed by atoms with Gasteiger partial charge in [-0.15, -0.1) is 11.8 Å². The maximum atomic E-state index is 11.7. The lowest BCUT2D eigenvalue weighted by Gasteiger charge is -2.22. The van der Waals surface area contributed by atoms with Crippen molar-refractivity contribution in [2.24, 2.45) is 5.92 Å². The molecule has 102 valence electrons. The van der Waals surface area contributed by atoms with Crippen LogP contribution in [0.5, 0.6) is 0 Å². The standard InChI is InChI=1S/C14H18N2O2S/c1-8(2)6-13(17)15-10-4-5-12-11(7-10)16-14(18)9(3)19-12/h4-5,7-9H,6H2,1-3H3,(H,15,17)(H,16,18). The molecule has 1 unspecified atom stereocenters. The van der Waals surface area contributed by atoms with Gasteiger partial charge in [0.25, 0.3) is 0 Å². The number of anilines is 2. The number of nitrogens with one attached hydrogen (secondary N) is 2. The van der Waals surface area contributed by atoms with Gasteiger partial charge in [0.05, 0.1) is 10.9 Å². The molecule has 1 aromatic carbocycles. The number of carbonyl (C=O) groups is 2. The number of fused-ring (bicyclic) bond motifs is 1. The van der Waals surface area contributed by atoms with Crippen LogP contribution in [0, 0.1) is 5.92 Å². The van der Waals surface area contributed by atoms with Gasteiger partial charge in [-0.25, -0.2) is 0 Å². The van der Waals surface area contributed by atoms with E-state index in [-0.39, 0.29) is 17.1 Å². The largest absolute Gasteiger partial charge is 0.326 e. The van der Waals surface area contributed by atoms with Crippen molar-refractivity contribution in [3.8, 4) is 0 Å². The Morgan fingerprint density at radius 3 is 2.89 bits per heavy atom. The molecule has 0 radical (unpaired) electrons. The third kappa shape index (κ3) is 3.50. The van der Waals surface area contributed by atoms with E-state index in [4.69, 9.17) is 0 Å². The van der Waals surface area contributed by atoms with Crippen LogP contribution in [0.4, 0.5) is 11.4 Å². The molecule has 2 rings (SSSR count). The average molecular weight is 278 g/mol. The maximum absolute atomic E-state index is 11.7. The molecule has 0 saturated heterocycles. The Kier molecular flexibility index (Phi) is 4.14. The summed E-state index contributed by atoms with van der Waals surface area (Å²) in [5.41, 5.74) is 1.50. The minimum absolute atomic E-state index is 0.00175. The highest BCUT2D eigenvalue weighted by atomic mass is 32.2. The molecule has 0 aliphatic carbocycles. The molecule has 1 aliphatic heterocycles. The van der Waals surface area contributed by atoms with Crippen LogP contribution in [0.1, 0.15) is 27.2 Å². The van der Waals surface area contributed by atoms with E-state index in [0.717, 1.165) is 16.3 Å². The van der Waals surface area contributed by atoms with Crippen LogP contribution < -0.4 is 10.6 Å². The number of carbonyl (C=O) groups excluding carboxylic acids is 2. The lowest BCUT2D eigenvalue weighted by Crippen LogP contribution is -2.26. The van der Waals surface area contributed by atoms with Gasteiger partial charge in [0.15, 0.2) is 0 Å². The molecule has 1 aromatic rings. The average Bonchev–Trinajstić information content (AvgIpc) is 2.30. The summed E-state index contributed by atoms with van der Waals surface area (Å²) in [5.74, 6) is 0.329. The molecule has 4 nitrogen and oxygen atoms in total. The van der Waals surface area contributed by atoms with E-state index in [1.807, 2.05) is 39.0 Å². The van der Waals surface area contributed by atoms with Crippen molar-refractivity contribution < 1.29 is 9.59 Å². The van der Waals surface area contributed by atoms with Crippen LogP contribution >= 0.6 is 11.8 Å². The van der Waals surface area contributed by atoms with Gasteiger partial charge in [-0.1, -0.05) is 13.8 Å². The predicted octanol–water partition coefficient (Wildman–Crippen LogP) is 3.10. The van der Waals surface area contributed by atoms with E-state index in [0.29, 0.717) is 12.3 Å². The second-order valence-electron chi connectivity index (χ2n) is 5.11. The zero-order valence-electron chi connectivity index (χ0n) is 11.3. The smallest absolute Gasteiger partial charge is 0.237 e. The van der Waals surface area contributed by atoms with Gasteiger partial charge in [-0.3, -0.25) is 9.59 Å². The molecule has 1 atom stereocenters. The molecule has 1 heterocycles. The number of thioether (sulfide) groups is 1. The Morgan fingerprint density at radius 1 is 1.47 bits per heavy atom. The fourth-order valence-electron chi connectivity index (χ4n) is 1.87. The van der Waals surface area contributed by atoms with Crippen LogP contribution in [0.25, 0.3) is 0 Å². The lowest BCUT2D eigenvalue weighted by molar-refractivity contribution is -0.117. The zero-order chi connectivity index (χ0) is 14.0. The summed E-state index contributed by atoms with van der Waals surface area (Å²) in [7, 11) is 0. The van der Waals surface area contributed by atoms with E-state index < -0.39 is 0 Å². The van der Waals surface area contributed by atoms with Crippen LogP contribution in [0.15, 0.2) is 23.1 Å². The number of rotatable bonds is 3. The Morgan fingerprint density at radius 2 is 2.21 bits per heavy atom. The predicted molar refractivity (Wildman–Crippen MR) is 78.5 cm³/mol. The monoisotopic (exact) mass is 278 g/mol. The van der Waals surface area contributed by atoms with Crippen LogP contribution in [0.2, 0.25) is 0 Å². The molecule has 19 heavy (non-hydrogen) atoms. The van der Waals surface area contributed by atoms with Crippen molar-refractivity contribution in [3.63, 3.8) is 0 Å². The lowest BCUT2D eigenvalue weighted by atomic mass is 10.1. The quantitative estimate of drug-likeness (QED) is 0.893. The molecular formula is C14H18N2O2S. The molecule has 5 heteroatoms. The maximum Gasteiger partial charge on any atom is 0.237 e. The van der Waals surface area contributed by atoms with Gasteiger partial charge < -0.3 is 10.6 Å². The molecule has 1 aliphatic rings. The van der Waals surface area contributed by atoms with Crippen LogP contribution in [0.3, 0.4) is 0 Å². The summed E-state index contributed by atoms with van der Waals surface area (Å²) in [6.07, 6.45) is 0.495. The normalized spacial score (nSPS) is 17.9. The molecular weight excluding hydrogens is 260 g/mol. The highest BCUT2D eigenvalue weighted by molar-refractivity contribution is 8.00. The minimum Gasteiger partial charge on any atom is -0.326 e. The Hall–Kier alpha value is -1.49. The first kappa shape index (κ1) is 13.9. The molecule has 0 saturated carbocycles. The van der Waals surface area contributed by atoms with Crippen LogP contribution in [-0.4, -0.2) is 17.1 Å².